The number of pyridine rings is 1. The lowest BCUT2D eigenvalue weighted by atomic mass is 10.2. The molecular weight excluding hydrogens is 293 g/mol. The summed E-state index contributed by atoms with van der Waals surface area (Å²) in [4.78, 5) is 4.54. The quantitative estimate of drug-likeness (QED) is 0.879. The van der Waals surface area contributed by atoms with Crippen LogP contribution in [0.4, 0.5) is 11.5 Å². The minimum Gasteiger partial charge on any atom is -0.338 e. The van der Waals surface area contributed by atoms with Crippen molar-refractivity contribution in [2.24, 2.45) is 0 Å². The van der Waals surface area contributed by atoms with E-state index in [1.165, 1.54) is 0 Å². The summed E-state index contributed by atoms with van der Waals surface area (Å²) in [6.07, 6.45) is 2.33. The van der Waals surface area contributed by atoms with E-state index in [1.54, 1.807) is 24.3 Å². The van der Waals surface area contributed by atoms with Crippen LogP contribution in [0.1, 0.15) is 30.0 Å². The summed E-state index contributed by atoms with van der Waals surface area (Å²) in [5.41, 5.74) is 2.16. The number of rotatable bonds is 3. The van der Waals surface area contributed by atoms with Crippen molar-refractivity contribution >= 4 is 34.7 Å². The van der Waals surface area contributed by atoms with E-state index in [1.807, 2.05) is 6.07 Å². The minimum atomic E-state index is 0.427. The third-order valence-corrected chi connectivity index (χ3v) is 4.06. The number of hydrogen-bond acceptors (Lipinski definition) is 3. The molecule has 0 unspecified atom stereocenters. The average molecular weight is 304 g/mol. The number of halogens is 2. The second-order valence-electron chi connectivity index (χ2n) is 4.74. The molecule has 1 aliphatic carbocycles. The zero-order valence-electron chi connectivity index (χ0n) is 10.5. The molecule has 0 amide bonds. The van der Waals surface area contributed by atoms with Gasteiger partial charge in [0.05, 0.1) is 21.3 Å². The highest BCUT2D eigenvalue weighted by Gasteiger charge is 2.25. The predicted molar refractivity (Wildman–Crippen MR) is 80.7 cm³/mol. The Labute approximate surface area is 127 Å². The second kappa shape index (κ2) is 5.32. The van der Waals surface area contributed by atoms with Crippen LogP contribution in [0.15, 0.2) is 30.3 Å². The first-order valence-electron chi connectivity index (χ1n) is 6.31. The maximum Gasteiger partial charge on any atom is 0.148 e. The summed E-state index contributed by atoms with van der Waals surface area (Å²) in [5, 5.41) is 13.2. The molecule has 1 heterocycles. The standard InChI is InChI=1S/C15H11Cl2N3/c16-11-2-1-3-13(14(11)17)20-15-10(8-18)6-7-12(19-15)9-4-5-9/h1-3,6-7,9H,4-5H2,(H,19,20). The molecule has 0 atom stereocenters. The summed E-state index contributed by atoms with van der Waals surface area (Å²) in [7, 11) is 0. The van der Waals surface area contributed by atoms with Crippen LogP contribution in [0, 0.1) is 11.3 Å². The maximum atomic E-state index is 9.18. The SMILES string of the molecule is N#Cc1ccc(C2CC2)nc1Nc1cccc(Cl)c1Cl. The predicted octanol–water partition coefficient (Wildman–Crippen LogP) is 4.88. The van der Waals surface area contributed by atoms with Crippen molar-refractivity contribution < 1.29 is 0 Å². The van der Waals surface area contributed by atoms with Crippen LogP contribution >= 0.6 is 23.2 Å². The Bertz CT molecular complexity index is 703. The molecule has 0 spiro atoms. The highest BCUT2D eigenvalue weighted by Crippen LogP contribution is 2.40. The number of nitrogens with zero attached hydrogens (tertiary/aromatic N) is 2. The molecule has 2 aromatic rings. The zero-order chi connectivity index (χ0) is 14.1. The molecular formula is C15H11Cl2N3. The molecule has 1 fully saturated rings. The summed E-state index contributed by atoms with van der Waals surface area (Å²) in [5.74, 6) is 1.05. The van der Waals surface area contributed by atoms with Crippen LogP contribution in [0.3, 0.4) is 0 Å². The van der Waals surface area contributed by atoms with E-state index in [-0.39, 0.29) is 0 Å². The Hall–Kier alpha value is -1.76. The Balaban J connectivity index is 1.98. The molecule has 1 N–H and O–H groups in total. The first-order valence-corrected chi connectivity index (χ1v) is 7.06. The van der Waals surface area contributed by atoms with Crippen molar-refractivity contribution in [2.45, 2.75) is 18.8 Å². The fourth-order valence-electron chi connectivity index (χ4n) is 1.99. The van der Waals surface area contributed by atoms with Crippen molar-refractivity contribution in [3.63, 3.8) is 0 Å². The second-order valence-corrected chi connectivity index (χ2v) is 5.53. The van der Waals surface area contributed by atoms with Crippen LogP contribution in [0.25, 0.3) is 0 Å². The van der Waals surface area contributed by atoms with Crippen LogP contribution in [-0.4, -0.2) is 4.98 Å². The summed E-state index contributed by atoms with van der Waals surface area (Å²) >= 11 is 12.1. The van der Waals surface area contributed by atoms with E-state index in [0.29, 0.717) is 33.0 Å². The largest absolute Gasteiger partial charge is 0.338 e. The van der Waals surface area contributed by atoms with Crippen molar-refractivity contribution in [1.82, 2.24) is 4.98 Å². The van der Waals surface area contributed by atoms with Gasteiger partial charge in [-0.3, -0.25) is 0 Å². The van der Waals surface area contributed by atoms with Gasteiger partial charge in [0.2, 0.25) is 0 Å². The molecule has 1 aliphatic rings. The molecule has 5 heteroatoms. The van der Waals surface area contributed by atoms with Crippen LogP contribution in [0.2, 0.25) is 10.0 Å². The number of nitriles is 1. The average Bonchev–Trinajstić information content (AvgIpc) is 3.28. The van der Waals surface area contributed by atoms with Gasteiger partial charge in [0.15, 0.2) is 0 Å². The van der Waals surface area contributed by atoms with Gasteiger partial charge < -0.3 is 5.32 Å². The molecule has 0 radical (unpaired) electrons. The van der Waals surface area contributed by atoms with Crippen LogP contribution < -0.4 is 5.32 Å². The molecule has 3 rings (SSSR count). The van der Waals surface area contributed by atoms with Gasteiger partial charge in [0, 0.05) is 11.6 Å². The molecule has 1 aromatic heterocycles. The van der Waals surface area contributed by atoms with Gasteiger partial charge in [-0.2, -0.15) is 5.26 Å². The summed E-state index contributed by atoms with van der Waals surface area (Å²) < 4.78 is 0. The molecule has 0 saturated heterocycles. The van der Waals surface area contributed by atoms with Crippen molar-refractivity contribution in [2.75, 3.05) is 5.32 Å². The smallest absolute Gasteiger partial charge is 0.148 e. The van der Waals surface area contributed by atoms with E-state index in [2.05, 4.69) is 16.4 Å². The fourth-order valence-corrected chi connectivity index (χ4v) is 2.34. The van der Waals surface area contributed by atoms with E-state index in [0.717, 1.165) is 18.5 Å². The van der Waals surface area contributed by atoms with E-state index in [4.69, 9.17) is 23.2 Å². The number of benzene rings is 1. The Kier molecular flexibility index (Phi) is 3.52. The van der Waals surface area contributed by atoms with Gasteiger partial charge in [0.1, 0.15) is 11.9 Å². The van der Waals surface area contributed by atoms with Crippen LogP contribution in [0.5, 0.6) is 0 Å². The molecule has 0 aliphatic heterocycles. The van der Waals surface area contributed by atoms with Crippen molar-refractivity contribution in [3.8, 4) is 6.07 Å². The first kappa shape index (κ1) is 13.2. The molecule has 3 nitrogen and oxygen atoms in total. The highest BCUT2D eigenvalue weighted by molar-refractivity contribution is 6.43. The summed E-state index contributed by atoms with van der Waals surface area (Å²) in [6.45, 7) is 0. The zero-order valence-corrected chi connectivity index (χ0v) is 12.0. The number of aromatic nitrogens is 1. The molecule has 100 valence electrons. The molecule has 1 aromatic carbocycles. The minimum absolute atomic E-state index is 0.427. The Morgan fingerprint density at radius 2 is 2.00 bits per heavy atom. The highest BCUT2D eigenvalue weighted by atomic mass is 35.5. The van der Waals surface area contributed by atoms with Gasteiger partial charge in [-0.15, -0.1) is 0 Å². The molecule has 20 heavy (non-hydrogen) atoms. The first-order chi connectivity index (χ1) is 9.69. The van der Waals surface area contributed by atoms with Gasteiger partial charge in [-0.25, -0.2) is 4.98 Å². The third-order valence-electron chi connectivity index (χ3n) is 3.24. The summed E-state index contributed by atoms with van der Waals surface area (Å²) in [6, 6.07) is 11.2. The third kappa shape index (κ3) is 2.58. The van der Waals surface area contributed by atoms with E-state index < -0.39 is 0 Å². The monoisotopic (exact) mass is 303 g/mol. The Morgan fingerprint density at radius 1 is 1.20 bits per heavy atom. The Morgan fingerprint density at radius 3 is 2.70 bits per heavy atom. The molecule has 1 saturated carbocycles. The van der Waals surface area contributed by atoms with Crippen molar-refractivity contribution in [3.05, 3.63) is 51.6 Å². The number of nitrogens with one attached hydrogen (secondary N) is 1. The maximum absolute atomic E-state index is 9.18. The number of anilines is 2. The molecule has 0 bridgehead atoms. The lowest BCUT2D eigenvalue weighted by molar-refractivity contribution is 1.02. The fraction of sp³-hybridized carbons (Fsp3) is 0.200. The van der Waals surface area contributed by atoms with Gasteiger partial charge in [-0.05, 0) is 37.1 Å². The van der Waals surface area contributed by atoms with E-state index >= 15 is 0 Å². The van der Waals surface area contributed by atoms with Crippen molar-refractivity contribution in [1.29, 1.82) is 5.26 Å². The normalized spacial score (nSPS) is 13.8. The van der Waals surface area contributed by atoms with E-state index in [9.17, 15) is 5.26 Å². The topological polar surface area (TPSA) is 48.7 Å². The van der Waals surface area contributed by atoms with Gasteiger partial charge in [-0.1, -0.05) is 29.3 Å². The lowest BCUT2D eigenvalue weighted by Gasteiger charge is -2.11. The van der Waals surface area contributed by atoms with Crippen LogP contribution in [-0.2, 0) is 0 Å². The number of hydrogen-bond donors (Lipinski definition) is 1. The van der Waals surface area contributed by atoms with Gasteiger partial charge in [0.25, 0.3) is 0 Å². The lowest BCUT2D eigenvalue weighted by Crippen LogP contribution is -2.00. The van der Waals surface area contributed by atoms with Gasteiger partial charge >= 0.3 is 0 Å².